The first kappa shape index (κ1) is 95.1. The van der Waals surface area contributed by atoms with Gasteiger partial charge in [0.15, 0.2) is 44.9 Å². The minimum absolute atomic E-state index is 0.0108. The number of esters is 1. The number of nitrogens with zero attached hydrogens (tertiary/aromatic N) is 6. The molecular formula is C96H118N8O25. The zero-order valence-corrected chi connectivity index (χ0v) is 75.6. The number of rotatable bonds is 7. The van der Waals surface area contributed by atoms with Gasteiger partial charge in [-0.3, -0.25) is 43.4 Å². The van der Waals surface area contributed by atoms with Crippen LogP contribution >= 0.6 is 0 Å². The fraction of sp³-hybridized carbons (Fsp3) is 0.490. The number of aliphatic hydroxyl groups excluding tert-OH is 9. The zero-order chi connectivity index (χ0) is 93.9. The maximum atomic E-state index is 14.8. The number of phenolic OH excluding ortho intramolecular Hbond substituents is 2. The number of aromatic hydroxyl groups is 2. The van der Waals surface area contributed by atoms with Gasteiger partial charge in [-0.1, -0.05) is 106 Å². The number of benzene rings is 6. The number of aliphatic hydroxyl groups is 9. The van der Waals surface area contributed by atoms with E-state index < -0.39 is 158 Å². The number of hydrogen-bond acceptors (Lipinski definition) is 31. The monoisotopic (exact) mass is 1780 g/mol. The summed E-state index contributed by atoms with van der Waals surface area (Å²) in [5.41, 5.74) is -2.91. The molecule has 8 aliphatic heterocycles. The van der Waals surface area contributed by atoms with E-state index in [1.165, 1.54) is 85.3 Å². The molecule has 2 aromatic heterocycles. The molecule has 2 amide bonds. The van der Waals surface area contributed by atoms with Gasteiger partial charge in [0.2, 0.25) is 21.7 Å². The fourth-order valence-electron chi connectivity index (χ4n) is 18.2. The highest BCUT2D eigenvalue weighted by atomic mass is 16.7. The third-order valence-electron chi connectivity index (χ3n) is 27.2. The number of allylic oxidation sites excluding steroid dienone is 6. The Kier molecular flexibility index (Phi) is 27.9. The molecular weight excluding hydrogens is 1670 g/mol. The van der Waals surface area contributed by atoms with E-state index >= 15 is 0 Å². The molecule has 18 atom stereocenters. The predicted octanol–water partition coefficient (Wildman–Crippen LogP) is 8.02. The molecule has 2 saturated heterocycles. The summed E-state index contributed by atoms with van der Waals surface area (Å²) >= 11 is 0. The lowest BCUT2D eigenvalue weighted by Gasteiger charge is -2.37. The van der Waals surface area contributed by atoms with Crippen LogP contribution in [-0.2, 0) is 28.6 Å². The zero-order valence-electron chi connectivity index (χ0n) is 75.6. The number of ether oxygens (including phenoxy) is 5. The molecule has 0 unspecified atom stereocenters. The first-order valence-electron chi connectivity index (χ1n) is 43.9. The van der Waals surface area contributed by atoms with E-state index in [0.29, 0.717) is 76.8 Å². The van der Waals surface area contributed by atoms with Gasteiger partial charge in [-0.25, -0.2) is 9.97 Å². The number of amides is 2. The fourth-order valence-corrected chi connectivity index (χ4v) is 18.2. The number of fused-ring (bicyclic) bond motifs is 28. The van der Waals surface area contributed by atoms with Gasteiger partial charge in [0, 0.05) is 190 Å². The minimum Gasteiger partial charge on any atom is -0.507 e. The summed E-state index contributed by atoms with van der Waals surface area (Å²) in [7, 11) is 0. The van der Waals surface area contributed by atoms with Crippen molar-refractivity contribution in [2.75, 3.05) is 99.1 Å². The summed E-state index contributed by atoms with van der Waals surface area (Å²) in [5.74, 6) is -13.0. The molecule has 10 bridgehead atoms. The molecule has 33 heteroatoms. The Morgan fingerprint density at radius 1 is 0.473 bits per heavy atom. The summed E-state index contributed by atoms with van der Waals surface area (Å²) in [6.45, 7) is 34.0. The van der Waals surface area contributed by atoms with Gasteiger partial charge >= 0.3 is 17.5 Å². The summed E-state index contributed by atoms with van der Waals surface area (Å²) in [6, 6.07) is 6.15. The van der Waals surface area contributed by atoms with E-state index in [-0.39, 0.29) is 147 Å². The van der Waals surface area contributed by atoms with Crippen molar-refractivity contribution >= 4 is 118 Å². The average molecular weight is 1780 g/mol. The van der Waals surface area contributed by atoms with Crippen LogP contribution in [0.3, 0.4) is 0 Å². The van der Waals surface area contributed by atoms with Crippen LogP contribution in [0.2, 0.25) is 0 Å². The number of carbonyl (C=O) groups is 3. The molecule has 13 N–H and O–H groups in total. The van der Waals surface area contributed by atoms with Crippen LogP contribution in [-0.4, -0.2) is 221 Å². The maximum Gasteiger partial charge on any atom is 0.307 e. The van der Waals surface area contributed by atoms with Crippen LogP contribution in [0.5, 0.6) is 23.0 Å². The van der Waals surface area contributed by atoms with E-state index in [2.05, 4.69) is 20.4 Å². The Morgan fingerprint density at radius 2 is 0.837 bits per heavy atom. The molecule has 129 heavy (non-hydrogen) atoms. The van der Waals surface area contributed by atoms with Crippen molar-refractivity contribution in [2.45, 2.75) is 166 Å². The number of carbonyl (C=O) groups excluding carboxylic acids is 3. The average Bonchev–Trinajstić information content (AvgIpc) is 1.68. The molecule has 8 aromatic rings. The van der Waals surface area contributed by atoms with E-state index in [0.717, 1.165) is 0 Å². The number of phenols is 2. The lowest BCUT2D eigenvalue weighted by molar-refractivity contribution is -0.158. The summed E-state index contributed by atoms with van der Waals surface area (Å²) < 4.78 is 43.5. The Labute approximate surface area is 743 Å². The SMILES string of the molecule is C/C1=C/C=C/[C@H](C)[C@H](O)[C@@H](C)[C@@H](O)[C@@H](C)[C@H](O)[C@H](C)[C@@H](C)/C=C/O[C@@]2(C)Oc3c(C)c(O)c4c(=O)c(c5oc6cc(N7CCN(CCO)CC7)cc(=O)c6nc5c4c3=C2O)NC1=O.CC(=O)O[C@H]1[C@H](C)[C@H](O)[C@H](C)[C@@H](O)[C@@H](C)/C=C/C=C(/C)C(=O)Nc2c(=O)c3c(O)c(C)c4c(c3c3nc5c(=O)cc(N6CCN(CCO)CC6)cc5oc23)=C(O)[C@@](C)(O/C=C/[C@H](C)[C@H]1C)O4. The number of β-amino-alcohol motifs (C(OH)–C–C–N with tert-alkyl or cyclic N) is 2. The van der Waals surface area contributed by atoms with Crippen molar-refractivity contribution in [1.29, 1.82) is 0 Å². The van der Waals surface area contributed by atoms with Crippen LogP contribution in [0.25, 0.3) is 77.5 Å². The molecule has 692 valence electrons. The number of nitrogens with one attached hydrogen (secondary N) is 2. The van der Waals surface area contributed by atoms with Crippen molar-refractivity contribution in [3.05, 3.63) is 159 Å². The van der Waals surface area contributed by atoms with Crippen LogP contribution in [0, 0.1) is 73.0 Å². The van der Waals surface area contributed by atoms with Crippen LogP contribution in [0.15, 0.2) is 125 Å². The van der Waals surface area contributed by atoms with Gasteiger partial charge in [0.1, 0.15) is 51.5 Å². The highest BCUT2D eigenvalue weighted by molar-refractivity contribution is 6.18. The summed E-state index contributed by atoms with van der Waals surface area (Å²) in [5, 5.41) is 128. The summed E-state index contributed by atoms with van der Waals surface area (Å²) in [6.07, 6.45) is 9.47. The number of aromatic nitrogens is 2. The molecule has 6 aromatic carbocycles. The smallest absolute Gasteiger partial charge is 0.307 e. The quantitative estimate of drug-likeness (QED) is 0.0408. The number of piperazine rings is 2. The lowest BCUT2D eigenvalue weighted by atomic mass is 9.77. The van der Waals surface area contributed by atoms with Gasteiger partial charge < -0.3 is 109 Å². The largest absolute Gasteiger partial charge is 0.507 e. The minimum atomic E-state index is -1.94. The van der Waals surface area contributed by atoms with Crippen LogP contribution < -0.4 is 62.1 Å². The molecule has 0 spiro atoms. The molecule has 33 nitrogen and oxygen atoms in total. The second-order valence-corrected chi connectivity index (χ2v) is 35.9. The number of hydrogen-bond donors (Lipinski definition) is 13. The van der Waals surface area contributed by atoms with E-state index in [4.69, 9.17) is 42.5 Å². The van der Waals surface area contributed by atoms with Crippen molar-refractivity contribution in [2.24, 2.45) is 59.2 Å². The molecule has 2 fully saturated rings. The van der Waals surface area contributed by atoms with Crippen molar-refractivity contribution in [3.63, 3.8) is 0 Å². The van der Waals surface area contributed by atoms with Crippen molar-refractivity contribution < 1.29 is 103 Å². The Bertz CT molecular complexity index is 6330. The Balaban J connectivity index is 0.000000220. The van der Waals surface area contributed by atoms with E-state index in [9.17, 15) is 89.7 Å². The van der Waals surface area contributed by atoms with E-state index in [1.807, 2.05) is 37.5 Å². The van der Waals surface area contributed by atoms with E-state index in [1.54, 1.807) is 90.1 Å². The van der Waals surface area contributed by atoms with Gasteiger partial charge in [-0.2, -0.15) is 0 Å². The lowest BCUT2D eigenvalue weighted by Crippen LogP contribution is -2.47. The second-order valence-electron chi connectivity index (χ2n) is 35.9. The van der Waals surface area contributed by atoms with Crippen LogP contribution in [0.1, 0.15) is 115 Å². The standard InChI is InChI=1S/C49H60N4O13.C47H58N4O12/c1-23-13-20-63-49(9)47(61)36-34-35(42(59)29(7)45(36)66-49)43(60)39(46-38(34)50-37-32(56)21-31(22-33(37)65-46)53-16-14-52(15-17-53)18-19-54)51-48(62)25(3)12-10-11-24(2)40(57)27(5)41(58)28(6)44(26(23)4)64-30(8)55;1-22-12-19-61-47(8)45(59)34-32-33(41(57)28(7)43(34)63-47)42(58)37(49-46(60)24(3)11-9-10-23(2)38(54)26(5)40(56)27(6)39(55)25(22)4)44-36(32)48-35-30(53)20-29(21-31(35)62-44)51-15-13-50(14-16-51)17-18-52/h10-13,20-24,26-28,40-41,44,54,57-59,61H,14-19H2,1-9H3,(H,51,62);9-12,19-23,25-27,38-40,52,54-57,59H,13-18H2,1-8H3,(H,49,60)/b11-10+,20-13+,25-12-;10-9+,19-12+,24-11-/t23-,24-,26+,27+,28+,40-,41+,44+,49-;22-,23-,25+,26+,27-,38-,39+,40+,47-/m00/s1. The van der Waals surface area contributed by atoms with Gasteiger partial charge in [-0.15, -0.1) is 0 Å². The first-order chi connectivity index (χ1) is 61.0. The highest BCUT2D eigenvalue weighted by Crippen LogP contribution is 2.46. The van der Waals surface area contributed by atoms with Gasteiger partial charge in [0.25, 0.3) is 11.8 Å². The molecule has 0 saturated carbocycles. The topological polar surface area (TPSA) is 477 Å². The van der Waals surface area contributed by atoms with Crippen molar-refractivity contribution in [3.8, 4) is 23.0 Å². The Hall–Kier alpha value is -11.5. The Morgan fingerprint density at radius 3 is 1.22 bits per heavy atom. The molecule has 10 heterocycles. The van der Waals surface area contributed by atoms with Crippen molar-refractivity contribution in [1.82, 2.24) is 19.8 Å². The molecule has 8 aliphatic rings. The second kappa shape index (κ2) is 37.9. The predicted molar refractivity (Wildman–Crippen MR) is 489 cm³/mol. The van der Waals surface area contributed by atoms with Crippen LogP contribution in [0.4, 0.5) is 22.7 Å². The molecule has 0 radical (unpaired) electrons. The number of anilines is 4. The van der Waals surface area contributed by atoms with Gasteiger partial charge in [0.05, 0.1) is 77.5 Å². The highest BCUT2D eigenvalue weighted by Gasteiger charge is 2.47. The maximum absolute atomic E-state index is 14.8. The molecule has 16 rings (SSSR count). The third kappa shape index (κ3) is 18.1. The molecule has 0 aliphatic carbocycles. The van der Waals surface area contributed by atoms with Gasteiger partial charge in [-0.05, 0) is 63.5 Å². The first-order valence-corrected chi connectivity index (χ1v) is 43.9. The normalized spacial score (nSPS) is 30.4. The summed E-state index contributed by atoms with van der Waals surface area (Å²) in [4.78, 5) is 116. The third-order valence-corrected chi connectivity index (χ3v) is 27.2.